The second-order valence-corrected chi connectivity index (χ2v) is 6.19. The van der Waals surface area contributed by atoms with Gasteiger partial charge in [-0.1, -0.05) is 30.3 Å². The van der Waals surface area contributed by atoms with Gasteiger partial charge in [0.05, 0.1) is 17.9 Å². The van der Waals surface area contributed by atoms with Crippen LogP contribution in [0.4, 0.5) is 0 Å². The monoisotopic (exact) mass is 362 g/mol. The number of nitrogens with one attached hydrogen (secondary N) is 1. The van der Waals surface area contributed by atoms with Crippen molar-refractivity contribution in [3.63, 3.8) is 0 Å². The van der Waals surface area contributed by atoms with E-state index in [1.807, 2.05) is 47.4 Å². The number of carbonyl (C=O) groups excluding carboxylic acids is 1. The summed E-state index contributed by atoms with van der Waals surface area (Å²) in [5, 5.41) is 12.7. The van der Waals surface area contributed by atoms with Gasteiger partial charge in [-0.3, -0.25) is 19.7 Å². The molecule has 1 aromatic carbocycles. The highest BCUT2D eigenvalue weighted by Gasteiger charge is 2.13. The van der Waals surface area contributed by atoms with Gasteiger partial charge in [0, 0.05) is 37.6 Å². The number of para-hydroxylation sites is 1. The van der Waals surface area contributed by atoms with Crippen molar-refractivity contribution < 1.29 is 9.90 Å². The number of carbonyl (C=O) groups is 1. The Balaban J connectivity index is 1.63. The maximum Gasteiger partial charge on any atom is 0.234 e. The normalized spacial score (nSPS) is 10.7. The average molecular weight is 362 g/mol. The van der Waals surface area contributed by atoms with Gasteiger partial charge in [0.25, 0.3) is 0 Å². The van der Waals surface area contributed by atoms with E-state index in [1.54, 1.807) is 30.6 Å². The Morgan fingerprint density at radius 3 is 2.04 bits per heavy atom. The fraction of sp³-hybridized carbons (Fsp3) is 0.190. The fourth-order valence-electron chi connectivity index (χ4n) is 2.72. The summed E-state index contributed by atoms with van der Waals surface area (Å²) < 4.78 is 0. The van der Waals surface area contributed by atoms with Gasteiger partial charge in [0.15, 0.2) is 0 Å². The molecule has 0 spiro atoms. The highest BCUT2D eigenvalue weighted by atomic mass is 16.3. The molecule has 0 saturated heterocycles. The predicted octanol–water partition coefficient (Wildman–Crippen LogP) is 2.50. The number of hydrogen-bond donors (Lipinski definition) is 2. The Morgan fingerprint density at radius 1 is 0.889 bits per heavy atom. The van der Waals surface area contributed by atoms with Crippen molar-refractivity contribution in [2.75, 3.05) is 6.54 Å². The highest BCUT2D eigenvalue weighted by molar-refractivity contribution is 5.78. The molecular weight excluding hydrogens is 340 g/mol. The summed E-state index contributed by atoms with van der Waals surface area (Å²) in [4.78, 5) is 23.1. The summed E-state index contributed by atoms with van der Waals surface area (Å²) in [7, 11) is 0. The lowest BCUT2D eigenvalue weighted by molar-refractivity contribution is -0.122. The molecule has 3 aromatic rings. The van der Waals surface area contributed by atoms with Crippen LogP contribution in [-0.2, 0) is 24.4 Å². The summed E-state index contributed by atoms with van der Waals surface area (Å²) in [6.45, 7) is 1.58. The molecule has 2 aromatic heterocycles. The molecule has 3 rings (SSSR count). The number of nitrogens with zero attached hydrogens (tertiary/aromatic N) is 3. The molecule has 0 bridgehead atoms. The molecule has 0 aliphatic rings. The molecule has 0 aliphatic heterocycles. The summed E-state index contributed by atoms with van der Waals surface area (Å²) >= 11 is 0. The van der Waals surface area contributed by atoms with Crippen molar-refractivity contribution in [3.8, 4) is 5.75 Å². The molecule has 0 radical (unpaired) electrons. The lowest BCUT2D eigenvalue weighted by atomic mass is 10.2. The van der Waals surface area contributed by atoms with E-state index in [0.29, 0.717) is 18.7 Å². The third kappa shape index (κ3) is 5.90. The van der Waals surface area contributed by atoms with Gasteiger partial charge < -0.3 is 10.4 Å². The van der Waals surface area contributed by atoms with Crippen LogP contribution in [0.2, 0.25) is 0 Å². The van der Waals surface area contributed by atoms with E-state index in [4.69, 9.17) is 0 Å². The fourth-order valence-corrected chi connectivity index (χ4v) is 2.72. The van der Waals surface area contributed by atoms with Crippen LogP contribution in [0.3, 0.4) is 0 Å². The third-order valence-electron chi connectivity index (χ3n) is 4.06. The first kappa shape index (κ1) is 18.5. The molecule has 0 aliphatic carbocycles. The zero-order valence-electron chi connectivity index (χ0n) is 15.0. The third-order valence-corrected chi connectivity index (χ3v) is 4.06. The van der Waals surface area contributed by atoms with Gasteiger partial charge in [0.2, 0.25) is 5.91 Å². The first-order valence-corrected chi connectivity index (χ1v) is 8.76. The Bertz CT molecular complexity index is 815. The van der Waals surface area contributed by atoms with Gasteiger partial charge >= 0.3 is 0 Å². The summed E-state index contributed by atoms with van der Waals surface area (Å²) in [5.74, 6) is 0.0572. The number of pyridine rings is 2. The van der Waals surface area contributed by atoms with Crippen molar-refractivity contribution in [1.82, 2.24) is 20.2 Å². The van der Waals surface area contributed by atoms with Crippen LogP contribution in [0.5, 0.6) is 5.75 Å². The summed E-state index contributed by atoms with van der Waals surface area (Å²) in [6.07, 6.45) is 3.49. The first-order chi connectivity index (χ1) is 13.2. The molecule has 27 heavy (non-hydrogen) atoms. The number of aromatic nitrogens is 2. The van der Waals surface area contributed by atoms with Crippen molar-refractivity contribution in [2.24, 2.45) is 0 Å². The molecule has 1 amide bonds. The van der Waals surface area contributed by atoms with E-state index in [9.17, 15) is 9.90 Å². The maximum atomic E-state index is 12.4. The average Bonchev–Trinajstić information content (AvgIpc) is 2.69. The number of aromatic hydroxyl groups is 1. The Kier molecular flexibility index (Phi) is 6.49. The number of benzene rings is 1. The van der Waals surface area contributed by atoms with Crippen LogP contribution in [-0.4, -0.2) is 32.4 Å². The van der Waals surface area contributed by atoms with E-state index < -0.39 is 0 Å². The number of rotatable bonds is 8. The molecule has 6 heteroatoms. The first-order valence-electron chi connectivity index (χ1n) is 8.76. The zero-order chi connectivity index (χ0) is 18.9. The van der Waals surface area contributed by atoms with E-state index in [1.165, 1.54) is 0 Å². The van der Waals surface area contributed by atoms with Crippen molar-refractivity contribution in [1.29, 1.82) is 0 Å². The molecule has 2 N–H and O–H groups in total. The molecule has 0 atom stereocenters. The second-order valence-electron chi connectivity index (χ2n) is 6.19. The number of phenols is 1. The standard InChI is InChI=1S/C21H22N4O2/c26-20-10-2-1-7-17(20)13-24-21(27)16-25(14-18-8-3-5-11-22-18)15-19-9-4-6-12-23-19/h1-12,26H,13-16H2,(H,24,27). The van der Waals surface area contributed by atoms with Crippen molar-refractivity contribution >= 4 is 5.91 Å². The number of hydrogen-bond acceptors (Lipinski definition) is 5. The Labute approximate surface area is 158 Å². The van der Waals surface area contributed by atoms with E-state index in [-0.39, 0.29) is 24.7 Å². The lowest BCUT2D eigenvalue weighted by Crippen LogP contribution is -2.36. The minimum Gasteiger partial charge on any atom is -0.508 e. The summed E-state index contributed by atoms with van der Waals surface area (Å²) in [6, 6.07) is 18.4. The van der Waals surface area contributed by atoms with Crippen LogP contribution >= 0.6 is 0 Å². The highest BCUT2D eigenvalue weighted by Crippen LogP contribution is 2.15. The molecule has 138 valence electrons. The van der Waals surface area contributed by atoms with E-state index >= 15 is 0 Å². The zero-order valence-corrected chi connectivity index (χ0v) is 15.0. The van der Waals surface area contributed by atoms with Crippen molar-refractivity contribution in [3.05, 3.63) is 90.0 Å². The second kappa shape index (κ2) is 9.45. The minimum atomic E-state index is -0.120. The molecule has 0 fully saturated rings. The quantitative estimate of drug-likeness (QED) is 0.644. The van der Waals surface area contributed by atoms with Gasteiger partial charge in [0.1, 0.15) is 5.75 Å². The smallest absolute Gasteiger partial charge is 0.234 e. The molecule has 0 unspecified atom stereocenters. The van der Waals surface area contributed by atoms with E-state index in [0.717, 1.165) is 11.4 Å². The summed E-state index contributed by atoms with van der Waals surface area (Å²) in [5.41, 5.74) is 2.47. The molecular formula is C21H22N4O2. The minimum absolute atomic E-state index is 0.120. The van der Waals surface area contributed by atoms with Gasteiger partial charge in [-0.05, 0) is 30.3 Å². The maximum absolute atomic E-state index is 12.4. The van der Waals surface area contributed by atoms with Crippen LogP contribution in [0.1, 0.15) is 17.0 Å². The van der Waals surface area contributed by atoms with Crippen molar-refractivity contribution in [2.45, 2.75) is 19.6 Å². The lowest BCUT2D eigenvalue weighted by Gasteiger charge is -2.21. The predicted molar refractivity (Wildman–Crippen MR) is 103 cm³/mol. The molecule has 2 heterocycles. The van der Waals surface area contributed by atoms with Gasteiger partial charge in [-0.2, -0.15) is 0 Å². The molecule has 0 saturated carbocycles. The van der Waals surface area contributed by atoms with Gasteiger partial charge in [-0.15, -0.1) is 0 Å². The Hall–Kier alpha value is -3.25. The van der Waals surface area contributed by atoms with Crippen LogP contribution in [0.15, 0.2) is 73.1 Å². The number of amides is 1. The van der Waals surface area contributed by atoms with Crippen LogP contribution < -0.4 is 5.32 Å². The van der Waals surface area contributed by atoms with E-state index in [2.05, 4.69) is 15.3 Å². The largest absolute Gasteiger partial charge is 0.508 e. The van der Waals surface area contributed by atoms with Crippen LogP contribution in [0, 0.1) is 0 Å². The molecule has 6 nitrogen and oxygen atoms in total. The van der Waals surface area contributed by atoms with Crippen LogP contribution in [0.25, 0.3) is 0 Å². The SMILES string of the molecule is O=C(CN(Cc1ccccn1)Cc1ccccn1)NCc1ccccc1O. The van der Waals surface area contributed by atoms with Gasteiger partial charge in [-0.25, -0.2) is 0 Å². The Morgan fingerprint density at radius 2 is 1.48 bits per heavy atom. The topological polar surface area (TPSA) is 78.4 Å². The number of phenolic OH excluding ortho intramolecular Hbond substituents is 1.